The maximum Gasteiger partial charge on any atom is 0.153 e. The molecule has 0 saturated carbocycles. The van der Waals surface area contributed by atoms with Crippen LogP contribution in [0.25, 0.3) is 0 Å². The minimum Gasteiger partial charge on any atom is -0.455 e. The van der Waals surface area contributed by atoms with Crippen LogP contribution in [0.15, 0.2) is 42.5 Å². The molecule has 1 heterocycles. The van der Waals surface area contributed by atoms with E-state index < -0.39 is 6.10 Å². The van der Waals surface area contributed by atoms with Crippen LogP contribution in [0.5, 0.6) is 11.5 Å². The molecule has 0 amide bonds. The zero-order valence-corrected chi connectivity index (χ0v) is 13.2. The highest BCUT2D eigenvalue weighted by Crippen LogP contribution is 2.39. The number of hydrogen-bond donors (Lipinski definition) is 1. The first-order valence-corrected chi connectivity index (χ1v) is 7.95. The van der Waals surface area contributed by atoms with Crippen LogP contribution in [0.4, 0.5) is 5.69 Å². The average Bonchev–Trinajstić information content (AvgIpc) is 3.04. The maximum absolute atomic E-state index is 9.94. The zero-order valence-electron chi connectivity index (χ0n) is 13.2. The van der Waals surface area contributed by atoms with E-state index >= 15 is 0 Å². The summed E-state index contributed by atoms with van der Waals surface area (Å²) >= 11 is 0. The lowest BCUT2D eigenvalue weighted by Crippen LogP contribution is -2.19. The van der Waals surface area contributed by atoms with Gasteiger partial charge in [-0.1, -0.05) is 18.2 Å². The van der Waals surface area contributed by atoms with Gasteiger partial charge in [-0.05, 0) is 62.1 Å². The molecule has 3 heteroatoms. The Bertz CT molecular complexity index is 631. The highest BCUT2D eigenvalue weighted by atomic mass is 16.5. The number of rotatable bonds is 4. The second kappa shape index (κ2) is 6.41. The van der Waals surface area contributed by atoms with Gasteiger partial charge in [0, 0.05) is 13.1 Å². The van der Waals surface area contributed by atoms with Crippen LogP contribution in [0, 0.1) is 6.92 Å². The number of hydrogen-bond acceptors (Lipinski definition) is 3. The molecule has 3 nitrogen and oxygen atoms in total. The number of para-hydroxylation sites is 1. The molecule has 1 atom stereocenters. The first-order valence-electron chi connectivity index (χ1n) is 7.95. The minimum absolute atomic E-state index is 0.467. The molecule has 3 rings (SSSR count). The summed E-state index contributed by atoms with van der Waals surface area (Å²) in [5.41, 5.74) is 3.10. The zero-order chi connectivity index (χ0) is 15.5. The Kier molecular flexibility index (Phi) is 4.34. The predicted octanol–water partition coefficient (Wildman–Crippen LogP) is 4.44. The van der Waals surface area contributed by atoms with E-state index in [1.165, 1.54) is 12.8 Å². The summed E-state index contributed by atoms with van der Waals surface area (Å²) in [5.74, 6) is 1.74. The molecular formula is C19H23NO2. The van der Waals surface area contributed by atoms with Crippen LogP contribution >= 0.6 is 0 Å². The Morgan fingerprint density at radius 1 is 1.09 bits per heavy atom. The van der Waals surface area contributed by atoms with Gasteiger partial charge in [0.25, 0.3) is 0 Å². The van der Waals surface area contributed by atoms with Crippen LogP contribution in [-0.4, -0.2) is 18.2 Å². The molecule has 0 aliphatic carbocycles. The first-order chi connectivity index (χ1) is 10.6. The van der Waals surface area contributed by atoms with Crippen molar-refractivity contribution in [3.05, 3.63) is 53.6 Å². The van der Waals surface area contributed by atoms with Crippen LogP contribution in [-0.2, 0) is 0 Å². The Labute approximate surface area is 132 Å². The van der Waals surface area contributed by atoms with Gasteiger partial charge >= 0.3 is 0 Å². The normalized spacial score (nSPS) is 15.9. The van der Waals surface area contributed by atoms with Gasteiger partial charge in [-0.2, -0.15) is 0 Å². The smallest absolute Gasteiger partial charge is 0.153 e. The molecule has 0 aromatic heterocycles. The predicted molar refractivity (Wildman–Crippen MR) is 89.8 cm³/mol. The van der Waals surface area contributed by atoms with E-state index in [1.54, 1.807) is 6.92 Å². The largest absolute Gasteiger partial charge is 0.455 e. The van der Waals surface area contributed by atoms with Crippen molar-refractivity contribution in [1.82, 2.24) is 0 Å². The monoisotopic (exact) mass is 297 g/mol. The Morgan fingerprint density at radius 2 is 1.77 bits per heavy atom. The summed E-state index contributed by atoms with van der Waals surface area (Å²) in [6, 6.07) is 14.0. The number of nitrogens with zero attached hydrogens (tertiary/aromatic N) is 1. The summed E-state index contributed by atoms with van der Waals surface area (Å²) in [5, 5.41) is 9.94. The van der Waals surface area contributed by atoms with E-state index in [-0.39, 0.29) is 0 Å². The van der Waals surface area contributed by atoms with Crippen molar-refractivity contribution in [2.45, 2.75) is 32.8 Å². The number of aliphatic hydroxyl groups excluding tert-OH is 1. The van der Waals surface area contributed by atoms with Gasteiger partial charge in [0.15, 0.2) is 5.75 Å². The van der Waals surface area contributed by atoms with E-state index in [0.29, 0.717) is 0 Å². The summed E-state index contributed by atoms with van der Waals surface area (Å²) in [6.45, 7) is 5.95. The van der Waals surface area contributed by atoms with Crippen molar-refractivity contribution in [3.8, 4) is 11.5 Å². The number of anilines is 1. The van der Waals surface area contributed by atoms with Gasteiger partial charge in [-0.3, -0.25) is 0 Å². The summed E-state index contributed by atoms with van der Waals surface area (Å²) in [7, 11) is 0. The standard InChI is InChI=1S/C19H23NO2/c1-14-12-16(15(2)21)13-18(20-10-6-7-11-20)19(14)22-17-8-4-3-5-9-17/h3-5,8-9,12-13,15,21H,6-7,10-11H2,1-2H3. The SMILES string of the molecule is Cc1cc(C(C)O)cc(N2CCCC2)c1Oc1ccccc1. The van der Waals surface area contributed by atoms with E-state index in [2.05, 4.69) is 11.0 Å². The second-order valence-corrected chi connectivity index (χ2v) is 5.97. The lowest BCUT2D eigenvalue weighted by molar-refractivity contribution is 0.199. The van der Waals surface area contributed by atoms with E-state index in [4.69, 9.17) is 4.74 Å². The molecule has 1 unspecified atom stereocenters. The van der Waals surface area contributed by atoms with Gasteiger partial charge in [0.05, 0.1) is 11.8 Å². The quantitative estimate of drug-likeness (QED) is 0.905. The molecular weight excluding hydrogens is 274 g/mol. The number of ether oxygens (including phenoxy) is 1. The molecule has 0 radical (unpaired) electrons. The third-order valence-electron chi connectivity index (χ3n) is 4.17. The lowest BCUT2D eigenvalue weighted by atomic mass is 10.0. The van der Waals surface area contributed by atoms with E-state index in [1.807, 2.05) is 43.3 Å². The van der Waals surface area contributed by atoms with Gasteiger partial charge < -0.3 is 14.7 Å². The van der Waals surface area contributed by atoms with Crippen molar-refractivity contribution >= 4 is 5.69 Å². The maximum atomic E-state index is 9.94. The van der Waals surface area contributed by atoms with Crippen LogP contribution < -0.4 is 9.64 Å². The summed E-state index contributed by atoms with van der Waals surface area (Å²) < 4.78 is 6.16. The van der Waals surface area contributed by atoms with Gasteiger partial charge in [0.2, 0.25) is 0 Å². The molecule has 1 fully saturated rings. The highest BCUT2D eigenvalue weighted by molar-refractivity contribution is 5.65. The highest BCUT2D eigenvalue weighted by Gasteiger charge is 2.20. The van der Waals surface area contributed by atoms with Gasteiger partial charge in [0.1, 0.15) is 5.75 Å². The Hall–Kier alpha value is -2.00. The van der Waals surface area contributed by atoms with Crippen LogP contribution in [0.3, 0.4) is 0 Å². The minimum atomic E-state index is -0.467. The lowest BCUT2D eigenvalue weighted by Gasteiger charge is -2.24. The molecule has 2 aromatic rings. The van der Waals surface area contributed by atoms with Crippen LogP contribution in [0.1, 0.15) is 37.0 Å². The fraction of sp³-hybridized carbons (Fsp3) is 0.368. The van der Waals surface area contributed by atoms with Crippen molar-refractivity contribution in [1.29, 1.82) is 0 Å². The fourth-order valence-electron chi connectivity index (χ4n) is 2.96. The molecule has 2 aromatic carbocycles. The molecule has 116 valence electrons. The molecule has 1 aliphatic heterocycles. The Morgan fingerprint density at radius 3 is 2.41 bits per heavy atom. The summed E-state index contributed by atoms with van der Waals surface area (Å²) in [6.07, 6.45) is 1.96. The average molecular weight is 297 g/mol. The van der Waals surface area contributed by atoms with Crippen molar-refractivity contribution in [2.24, 2.45) is 0 Å². The number of aliphatic hydroxyl groups is 1. The molecule has 1 aliphatic rings. The molecule has 1 saturated heterocycles. The second-order valence-electron chi connectivity index (χ2n) is 5.97. The molecule has 0 bridgehead atoms. The molecule has 0 spiro atoms. The molecule has 1 N–H and O–H groups in total. The number of benzene rings is 2. The van der Waals surface area contributed by atoms with Crippen molar-refractivity contribution in [2.75, 3.05) is 18.0 Å². The summed E-state index contributed by atoms with van der Waals surface area (Å²) in [4.78, 5) is 2.36. The van der Waals surface area contributed by atoms with Gasteiger partial charge in [-0.15, -0.1) is 0 Å². The van der Waals surface area contributed by atoms with Gasteiger partial charge in [-0.25, -0.2) is 0 Å². The van der Waals surface area contributed by atoms with E-state index in [9.17, 15) is 5.11 Å². The van der Waals surface area contributed by atoms with Crippen LogP contribution in [0.2, 0.25) is 0 Å². The number of aryl methyl sites for hydroxylation is 1. The first kappa shape index (κ1) is 14.9. The van der Waals surface area contributed by atoms with Crippen molar-refractivity contribution < 1.29 is 9.84 Å². The fourth-order valence-corrected chi connectivity index (χ4v) is 2.96. The van der Waals surface area contributed by atoms with Crippen molar-refractivity contribution in [3.63, 3.8) is 0 Å². The third-order valence-corrected chi connectivity index (χ3v) is 4.17. The van der Waals surface area contributed by atoms with E-state index in [0.717, 1.165) is 41.4 Å². The third kappa shape index (κ3) is 3.09. The topological polar surface area (TPSA) is 32.7 Å². The Balaban J connectivity index is 2.02. The molecule has 22 heavy (non-hydrogen) atoms.